The predicted octanol–water partition coefficient (Wildman–Crippen LogP) is 6.97. The second-order valence-corrected chi connectivity index (χ2v) is 6.99. The molecule has 2 heteroatoms. The van der Waals surface area contributed by atoms with Gasteiger partial charge < -0.3 is 0 Å². The second kappa shape index (κ2) is 5.68. The summed E-state index contributed by atoms with van der Waals surface area (Å²) in [5.74, 6) is 0. The highest BCUT2D eigenvalue weighted by atomic mass is 79.9. The molecular formula is C23H14BrN. The van der Waals surface area contributed by atoms with Crippen LogP contribution < -0.4 is 0 Å². The molecule has 4 aromatic carbocycles. The molecule has 118 valence electrons. The minimum absolute atomic E-state index is 1.03. The molecule has 1 aromatic heterocycles. The largest absolute Gasteiger partial charge is 0.256 e. The van der Waals surface area contributed by atoms with Gasteiger partial charge in [-0.3, -0.25) is 4.98 Å². The molecule has 0 saturated heterocycles. The molecule has 0 unspecified atom stereocenters. The van der Waals surface area contributed by atoms with Gasteiger partial charge in [0.2, 0.25) is 0 Å². The van der Waals surface area contributed by atoms with Gasteiger partial charge in [0.25, 0.3) is 0 Å². The fraction of sp³-hybridized carbons (Fsp3) is 0. The van der Waals surface area contributed by atoms with E-state index >= 15 is 0 Å². The Bertz CT molecular complexity index is 1200. The predicted molar refractivity (Wildman–Crippen MR) is 110 cm³/mol. The van der Waals surface area contributed by atoms with E-state index in [2.05, 4.69) is 88.7 Å². The summed E-state index contributed by atoms with van der Waals surface area (Å²) >= 11 is 3.79. The fourth-order valence-corrected chi connectivity index (χ4v) is 4.25. The van der Waals surface area contributed by atoms with Crippen LogP contribution in [0.2, 0.25) is 0 Å². The molecule has 0 amide bonds. The Morgan fingerprint density at radius 1 is 0.640 bits per heavy atom. The molecule has 0 radical (unpaired) electrons. The van der Waals surface area contributed by atoms with Crippen LogP contribution in [-0.2, 0) is 0 Å². The van der Waals surface area contributed by atoms with Gasteiger partial charge in [-0.1, -0.05) is 66.7 Å². The molecule has 5 rings (SSSR count). The van der Waals surface area contributed by atoms with E-state index in [0.717, 1.165) is 15.4 Å². The molecule has 0 aliphatic heterocycles. The van der Waals surface area contributed by atoms with Gasteiger partial charge in [0.05, 0.1) is 5.52 Å². The Morgan fingerprint density at radius 3 is 2.24 bits per heavy atom. The molecule has 1 nitrogen and oxygen atoms in total. The lowest BCUT2D eigenvalue weighted by molar-refractivity contribution is 1.42. The van der Waals surface area contributed by atoms with Gasteiger partial charge in [-0.2, -0.15) is 0 Å². The summed E-state index contributed by atoms with van der Waals surface area (Å²) in [5.41, 5.74) is 3.43. The monoisotopic (exact) mass is 383 g/mol. The normalized spacial score (nSPS) is 11.4. The first kappa shape index (κ1) is 14.6. The van der Waals surface area contributed by atoms with E-state index in [4.69, 9.17) is 4.98 Å². The van der Waals surface area contributed by atoms with Gasteiger partial charge in [-0.15, -0.1) is 0 Å². The third-order valence-corrected chi connectivity index (χ3v) is 5.61. The highest BCUT2D eigenvalue weighted by molar-refractivity contribution is 9.10. The number of pyridine rings is 1. The van der Waals surface area contributed by atoms with E-state index in [0.29, 0.717) is 0 Å². The highest BCUT2D eigenvalue weighted by Gasteiger charge is 2.14. The molecule has 0 atom stereocenters. The number of hydrogen-bond donors (Lipinski definition) is 0. The molecule has 0 fully saturated rings. The molecular weight excluding hydrogens is 370 g/mol. The van der Waals surface area contributed by atoms with Crippen LogP contribution in [0.15, 0.2) is 89.5 Å². The quantitative estimate of drug-likeness (QED) is 0.284. The maximum absolute atomic E-state index is 4.72. The molecule has 0 aliphatic carbocycles. The molecule has 0 aliphatic rings. The van der Waals surface area contributed by atoms with Crippen LogP contribution in [-0.4, -0.2) is 4.98 Å². The molecule has 25 heavy (non-hydrogen) atoms. The Balaban J connectivity index is 1.97. The van der Waals surface area contributed by atoms with Crippen molar-refractivity contribution in [3.63, 3.8) is 0 Å². The van der Waals surface area contributed by atoms with Crippen molar-refractivity contribution in [3.8, 4) is 11.1 Å². The van der Waals surface area contributed by atoms with E-state index in [1.54, 1.807) is 0 Å². The van der Waals surface area contributed by atoms with Gasteiger partial charge >= 0.3 is 0 Å². The van der Waals surface area contributed by atoms with Crippen molar-refractivity contribution in [1.29, 1.82) is 0 Å². The van der Waals surface area contributed by atoms with E-state index in [1.807, 2.05) is 12.3 Å². The average Bonchev–Trinajstić information content (AvgIpc) is 2.68. The van der Waals surface area contributed by atoms with Crippen LogP contribution >= 0.6 is 15.9 Å². The number of halogens is 1. The van der Waals surface area contributed by atoms with E-state index in [1.165, 1.54) is 32.7 Å². The van der Waals surface area contributed by atoms with Crippen molar-refractivity contribution >= 4 is 48.4 Å². The number of hydrogen-bond acceptors (Lipinski definition) is 1. The number of nitrogens with zero attached hydrogens (tertiary/aromatic N) is 1. The topological polar surface area (TPSA) is 12.9 Å². The van der Waals surface area contributed by atoms with Crippen LogP contribution in [0.25, 0.3) is 43.6 Å². The van der Waals surface area contributed by atoms with Gasteiger partial charge in [0, 0.05) is 21.6 Å². The smallest absolute Gasteiger partial charge is 0.0798 e. The zero-order valence-corrected chi connectivity index (χ0v) is 15.0. The highest BCUT2D eigenvalue weighted by Crippen LogP contribution is 2.41. The number of rotatable bonds is 1. The van der Waals surface area contributed by atoms with Crippen molar-refractivity contribution in [2.75, 3.05) is 0 Å². The molecule has 5 aromatic rings. The Kier molecular flexibility index (Phi) is 3.32. The standard InChI is InChI=1S/C23H14BrN/c24-22-19-9-4-3-8-18(19)21(23-20(22)10-5-13-25-23)17-12-11-15-6-1-2-7-16(15)14-17/h1-14H. The number of fused-ring (bicyclic) bond motifs is 3. The van der Waals surface area contributed by atoms with E-state index in [9.17, 15) is 0 Å². The molecule has 0 saturated carbocycles. The van der Waals surface area contributed by atoms with E-state index in [-0.39, 0.29) is 0 Å². The molecule has 1 heterocycles. The van der Waals surface area contributed by atoms with Gasteiger partial charge in [0.15, 0.2) is 0 Å². The summed E-state index contributed by atoms with van der Waals surface area (Å²) < 4.78 is 1.11. The zero-order valence-electron chi connectivity index (χ0n) is 13.4. The van der Waals surface area contributed by atoms with Gasteiger partial charge in [-0.05, 0) is 55.2 Å². The summed E-state index contributed by atoms with van der Waals surface area (Å²) in [6, 6.07) is 27.8. The van der Waals surface area contributed by atoms with Crippen molar-refractivity contribution in [3.05, 3.63) is 89.5 Å². The van der Waals surface area contributed by atoms with Crippen LogP contribution in [0.4, 0.5) is 0 Å². The Morgan fingerprint density at radius 2 is 1.36 bits per heavy atom. The van der Waals surface area contributed by atoms with Crippen molar-refractivity contribution in [1.82, 2.24) is 4.98 Å². The van der Waals surface area contributed by atoms with Crippen LogP contribution in [0.3, 0.4) is 0 Å². The lowest BCUT2D eigenvalue weighted by Gasteiger charge is -2.14. The van der Waals surface area contributed by atoms with Gasteiger partial charge in [0.1, 0.15) is 0 Å². The summed E-state index contributed by atoms with van der Waals surface area (Å²) in [6.45, 7) is 0. The summed E-state index contributed by atoms with van der Waals surface area (Å²) in [4.78, 5) is 4.72. The Hall–Kier alpha value is -2.71. The molecule has 0 bridgehead atoms. The zero-order chi connectivity index (χ0) is 16.8. The second-order valence-electron chi connectivity index (χ2n) is 6.20. The first-order chi connectivity index (χ1) is 12.3. The number of aromatic nitrogens is 1. The lowest BCUT2D eigenvalue weighted by atomic mass is 9.93. The van der Waals surface area contributed by atoms with Crippen LogP contribution in [0.5, 0.6) is 0 Å². The summed E-state index contributed by atoms with van der Waals surface area (Å²) in [5, 5.41) is 6.08. The summed E-state index contributed by atoms with van der Waals surface area (Å²) in [6.07, 6.45) is 1.87. The third kappa shape index (κ3) is 2.25. The van der Waals surface area contributed by atoms with Crippen LogP contribution in [0, 0.1) is 0 Å². The molecule has 0 N–H and O–H groups in total. The lowest BCUT2D eigenvalue weighted by Crippen LogP contribution is -1.90. The van der Waals surface area contributed by atoms with Crippen molar-refractivity contribution in [2.45, 2.75) is 0 Å². The first-order valence-electron chi connectivity index (χ1n) is 8.27. The SMILES string of the molecule is Brc1c2ccccc2c(-c2ccc3ccccc3c2)c2ncccc12. The minimum Gasteiger partial charge on any atom is -0.256 e. The number of benzene rings is 4. The van der Waals surface area contributed by atoms with Gasteiger partial charge in [-0.25, -0.2) is 0 Å². The average molecular weight is 384 g/mol. The summed E-state index contributed by atoms with van der Waals surface area (Å²) in [7, 11) is 0. The fourth-order valence-electron chi connectivity index (χ4n) is 3.58. The van der Waals surface area contributed by atoms with Crippen molar-refractivity contribution in [2.24, 2.45) is 0 Å². The maximum Gasteiger partial charge on any atom is 0.0798 e. The third-order valence-electron chi connectivity index (χ3n) is 4.75. The minimum atomic E-state index is 1.03. The maximum atomic E-state index is 4.72. The van der Waals surface area contributed by atoms with Crippen molar-refractivity contribution < 1.29 is 0 Å². The first-order valence-corrected chi connectivity index (χ1v) is 9.06. The van der Waals surface area contributed by atoms with E-state index < -0.39 is 0 Å². The Labute approximate surface area is 154 Å². The molecule has 0 spiro atoms. The van der Waals surface area contributed by atoms with Crippen LogP contribution in [0.1, 0.15) is 0 Å².